The van der Waals surface area contributed by atoms with Crippen LogP contribution in [0.3, 0.4) is 0 Å². The first-order valence-corrected chi connectivity index (χ1v) is 4.84. The van der Waals surface area contributed by atoms with Gasteiger partial charge in [0.15, 0.2) is 0 Å². The van der Waals surface area contributed by atoms with E-state index in [1.807, 2.05) is 0 Å². The minimum Gasteiger partial charge on any atom is -0.330 e. The maximum absolute atomic E-state index is 5.59. The van der Waals surface area contributed by atoms with Crippen LogP contribution in [-0.4, -0.2) is 12.3 Å². The first-order chi connectivity index (χ1) is 4.68. The van der Waals surface area contributed by atoms with Crippen LogP contribution in [0, 0.1) is 0 Å². The van der Waals surface area contributed by atoms with Crippen LogP contribution in [0.1, 0.15) is 6.42 Å². The minimum atomic E-state index is 0.128. The molecule has 0 saturated carbocycles. The Morgan fingerprint density at radius 3 is 2.30 bits per heavy atom. The standard InChI is InChI=1S/C5H8Cl3NS/c6-4(7)5(8)10-3-1-2-9/h1-3,9H2. The lowest BCUT2D eigenvalue weighted by molar-refractivity contribution is 0.945. The molecule has 0 fully saturated rings. The average Bonchev–Trinajstić information content (AvgIpc) is 1.88. The number of rotatable bonds is 4. The van der Waals surface area contributed by atoms with Crippen LogP contribution in [0.4, 0.5) is 0 Å². The van der Waals surface area contributed by atoms with Crippen molar-refractivity contribution in [1.82, 2.24) is 0 Å². The molecule has 10 heavy (non-hydrogen) atoms. The van der Waals surface area contributed by atoms with Gasteiger partial charge in [0.2, 0.25) is 0 Å². The Hall–Kier alpha value is 0.920. The summed E-state index contributed by atoms with van der Waals surface area (Å²) < 4.78 is 0.570. The van der Waals surface area contributed by atoms with Gasteiger partial charge in [-0.1, -0.05) is 34.8 Å². The third-order valence-electron chi connectivity index (χ3n) is 0.726. The van der Waals surface area contributed by atoms with Crippen molar-refractivity contribution in [3.63, 3.8) is 0 Å². The van der Waals surface area contributed by atoms with E-state index in [1.54, 1.807) is 0 Å². The van der Waals surface area contributed by atoms with Gasteiger partial charge in [-0.15, -0.1) is 11.8 Å². The lowest BCUT2D eigenvalue weighted by Gasteiger charge is -1.96. The molecule has 0 spiro atoms. The smallest absolute Gasteiger partial charge is 0.131 e. The van der Waals surface area contributed by atoms with Gasteiger partial charge < -0.3 is 5.73 Å². The summed E-state index contributed by atoms with van der Waals surface area (Å²) in [5, 5.41) is 0. The third-order valence-corrected chi connectivity index (χ3v) is 2.99. The van der Waals surface area contributed by atoms with Crippen molar-refractivity contribution < 1.29 is 0 Å². The van der Waals surface area contributed by atoms with Crippen molar-refractivity contribution >= 4 is 46.6 Å². The van der Waals surface area contributed by atoms with Gasteiger partial charge in [-0.05, 0) is 13.0 Å². The van der Waals surface area contributed by atoms with Crippen molar-refractivity contribution in [2.75, 3.05) is 12.3 Å². The molecule has 0 aromatic carbocycles. The lowest BCUT2D eigenvalue weighted by Crippen LogP contribution is -1.98. The van der Waals surface area contributed by atoms with Crippen molar-refractivity contribution in [3.05, 3.63) is 8.86 Å². The fraction of sp³-hybridized carbons (Fsp3) is 0.600. The van der Waals surface area contributed by atoms with Crippen molar-refractivity contribution in [2.24, 2.45) is 5.73 Å². The summed E-state index contributed by atoms with van der Waals surface area (Å²) in [6.07, 6.45) is 0.919. The lowest BCUT2D eigenvalue weighted by atomic mass is 10.5. The number of hydrogen-bond donors (Lipinski definition) is 1. The van der Waals surface area contributed by atoms with Gasteiger partial charge in [0.05, 0.1) is 0 Å². The molecule has 60 valence electrons. The molecule has 2 N–H and O–H groups in total. The quantitative estimate of drug-likeness (QED) is 0.738. The zero-order valence-electron chi connectivity index (χ0n) is 5.24. The predicted octanol–water partition coefficient (Wildman–Crippen LogP) is 2.91. The molecule has 0 bridgehead atoms. The first-order valence-electron chi connectivity index (χ1n) is 2.72. The van der Waals surface area contributed by atoms with Gasteiger partial charge in [0.25, 0.3) is 0 Å². The van der Waals surface area contributed by atoms with Crippen LogP contribution in [0.25, 0.3) is 0 Å². The zero-order valence-corrected chi connectivity index (χ0v) is 8.33. The number of hydrogen-bond acceptors (Lipinski definition) is 2. The molecule has 0 aliphatic heterocycles. The van der Waals surface area contributed by atoms with E-state index in [0.29, 0.717) is 10.9 Å². The second-order valence-corrected chi connectivity index (χ2v) is 4.18. The van der Waals surface area contributed by atoms with Crippen LogP contribution < -0.4 is 5.73 Å². The Balaban J connectivity index is 3.40. The van der Waals surface area contributed by atoms with Gasteiger partial charge in [-0.3, -0.25) is 0 Å². The highest BCUT2D eigenvalue weighted by Gasteiger charge is 1.97. The monoisotopic (exact) mass is 219 g/mol. The van der Waals surface area contributed by atoms with Gasteiger partial charge >= 0.3 is 0 Å². The van der Waals surface area contributed by atoms with Crippen LogP contribution in [0.2, 0.25) is 0 Å². The molecule has 0 radical (unpaired) electrons. The summed E-state index contributed by atoms with van der Waals surface area (Å²) in [4.78, 5) is 0. The molecule has 5 heteroatoms. The van der Waals surface area contributed by atoms with E-state index in [0.717, 1.165) is 12.2 Å². The van der Waals surface area contributed by atoms with Crippen LogP contribution >= 0.6 is 46.6 Å². The zero-order chi connectivity index (χ0) is 7.98. The molecular weight excluding hydrogens is 212 g/mol. The van der Waals surface area contributed by atoms with E-state index >= 15 is 0 Å². The summed E-state index contributed by atoms with van der Waals surface area (Å²) in [6.45, 7) is 0.664. The Morgan fingerprint density at radius 2 is 1.90 bits per heavy atom. The van der Waals surface area contributed by atoms with E-state index < -0.39 is 0 Å². The summed E-state index contributed by atoms with van der Waals surface area (Å²) in [7, 11) is 0. The van der Waals surface area contributed by atoms with Crippen molar-refractivity contribution in [3.8, 4) is 0 Å². The molecule has 0 rings (SSSR count). The minimum absolute atomic E-state index is 0.128. The van der Waals surface area contributed by atoms with Gasteiger partial charge in [-0.2, -0.15) is 0 Å². The molecule has 0 aliphatic rings. The SMILES string of the molecule is NCCCSC(Cl)=C(Cl)Cl. The Bertz CT molecular complexity index is 122. The van der Waals surface area contributed by atoms with E-state index in [4.69, 9.17) is 40.5 Å². The molecule has 0 amide bonds. The molecule has 0 aliphatic carbocycles. The summed E-state index contributed by atoms with van der Waals surface area (Å²) in [6, 6.07) is 0. The highest BCUT2D eigenvalue weighted by Crippen LogP contribution is 2.28. The number of thioether (sulfide) groups is 1. The Labute approximate surface area is 79.9 Å². The topological polar surface area (TPSA) is 26.0 Å². The summed E-state index contributed by atoms with van der Waals surface area (Å²) in [5.74, 6) is 0.859. The van der Waals surface area contributed by atoms with E-state index in [1.165, 1.54) is 11.8 Å². The maximum atomic E-state index is 5.59. The normalized spacial score (nSPS) is 9.60. The molecule has 0 aromatic rings. The largest absolute Gasteiger partial charge is 0.330 e. The van der Waals surface area contributed by atoms with Gasteiger partial charge in [-0.25, -0.2) is 0 Å². The van der Waals surface area contributed by atoms with Crippen LogP contribution in [0.15, 0.2) is 8.86 Å². The average molecular weight is 221 g/mol. The molecule has 1 nitrogen and oxygen atoms in total. The van der Waals surface area contributed by atoms with Crippen molar-refractivity contribution in [2.45, 2.75) is 6.42 Å². The highest BCUT2D eigenvalue weighted by atomic mass is 35.5. The van der Waals surface area contributed by atoms with E-state index in [-0.39, 0.29) is 4.49 Å². The molecule has 0 aromatic heterocycles. The summed E-state index contributed by atoms with van der Waals surface area (Å²) >= 11 is 17.7. The fourth-order valence-corrected chi connectivity index (χ4v) is 1.46. The van der Waals surface area contributed by atoms with Crippen molar-refractivity contribution in [1.29, 1.82) is 0 Å². The maximum Gasteiger partial charge on any atom is 0.131 e. The Kier molecular flexibility index (Phi) is 7.23. The second-order valence-electron chi connectivity index (χ2n) is 1.52. The van der Waals surface area contributed by atoms with Crippen LogP contribution in [0.5, 0.6) is 0 Å². The van der Waals surface area contributed by atoms with E-state index in [2.05, 4.69) is 0 Å². The molecular formula is C5H8Cl3NS. The van der Waals surface area contributed by atoms with E-state index in [9.17, 15) is 0 Å². The molecule has 0 unspecified atom stereocenters. The number of nitrogens with two attached hydrogens (primary N) is 1. The van der Waals surface area contributed by atoms with Gasteiger partial charge in [0.1, 0.15) is 8.86 Å². The highest BCUT2D eigenvalue weighted by molar-refractivity contribution is 8.04. The molecule has 0 saturated heterocycles. The Morgan fingerprint density at radius 1 is 1.30 bits per heavy atom. The first kappa shape index (κ1) is 10.9. The number of halogens is 3. The second kappa shape index (κ2) is 6.62. The van der Waals surface area contributed by atoms with Gasteiger partial charge in [0, 0.05) is 5.75 Å². The third kappa shape index (κ3) is 5.69. The molecule has 0 heterocycles. The fourth-order valence-electron chi connectivity index (χ4n) is 0.300. The molecule has 0 atom stereocenters. The van der Waals surface area contributed by atoms with Crippen LogP contribution in [-0.2, 0) is 0 Å². The predicted molar refractivity (Wildman–Crippen MR) is 50.7 cm³/mol. The summed E-state index contributed by atoms with van der Waals surface area (Å²) in [5.41, 5.74) is 5.25.